The minimum Gasteiger partial charge on any atom is -0.355 e. The summed E-state index contributed by atoms with van der Waals surface area (Å²) in [6.45, 7) is 5.59. The number of anilines is 1. The van der Waals surface area contributed by atoms with Crippen LogP contribution in [0.1, 0.15) is 53.2 Å². The molecule has 28 heavy (non-hydrogen) atoms. The molecule has 2 N–H and O–H groups in total. The molecule has 2 aromatic rings. The second-order valence-corrected chi connectivity index (χ2v) is 7.73. The Hall–Kier alpha value is -2.47. The number of hydrogen-bond acceptors (Lipinski definition) is 5. The van der Waals surface area contributed by atoms with Gasteiger partial charge >= 0.3 is 0 Å². The zero-order valence-electron chi connectivity index (χ0n) is 16.6. The highest BCUT2D eigenvalue weighted by Crippen LogP contribution is 2.27. The van der Waals surface area contributed by atoms with E-state index >= 15 is 0 Å². The van der Waals surface area contributed by atoms with Crippen LogP contribution in [0.15, 0.2) is 30.6 Å². The summed E-state index contributed by atoms with van der Waals surface area (Å²) in [5.41, 5.74) is 4.53. The van der Waals surface area contributed by atoms with E-state index in [4.69, 9.17) is 0 Å². The Labute approximate surface area is 166 Å². The first-order valence-electron chi connectivity index (χ1n) is 10.4. The molecule has 0 saturated heterocycles. The van der Waals surface area contributed by atoms with Gasteiger partial charge in [0.2, 0.25) is 5.95 Å². The van der Waals surface area contributed by atoms with Crippen LogP contribution in [0.2, 0.25) is 0 Å². The predicted octanol–water partition coefficient (Wildman–Crippen LogP) is 2.79. The minimum atomic E-state index is -0.144. The molecule has 0 unspecified atom stereocenters. The fourth-order valence-corrected chi connectivity index (χ4v) is 4.00. The summed E-state index contributed by atoms with van der Waals surface area (Å²) in [7, 11) is 0. The second kappa shape index (κ2) is 8.69. The van der Waals surface area contributed by atoms with Crippen LogP contribution >= 0.6 is 0 Å². The summed E-state index contributed by atoms with van der Waals surface area (Å²) >= 11 is 0. The van der Waals surface area contributed by atoms with Gasteiger partial charge in [-0.05, 0) is 49.3 Å². The summed E-state index contributed by atoms with van der Waals surface area (Å²) in [4.78, 5) is 23.4. The molecule has 1 aliphatic heterocycles. The Kier molecular flexibility index (Phi) is 5.86. The lowest BCUT2D eigenvalue weighted by Crippen LogP contribution is -2.41. The number of rotatable bonds is 6. The molecule has 1 aromatic carbocycles. The highest BCUT2D eigenvalue weighted by molar-refractivity contribution is 5.93. The maximum absolute atomic E-state index is 12.4. The minimum absolute atomic E-state index is 0.144. The van der Waals surface area contributed by atoms with Crippen molar-refractivity contribution >= 4 is 11.9 Å². The van der Waals surface area contributed by atoms with Gasteiger partial charge < -0.3 is 10.6 Å². The molecular weight excluding hydrogens is 350 g/mol. The number of carbonyl (C=O) groups is 1. The molecule has 1 fully saturated rings. The first-order chi connectivity index (χ1) is 13.7. The number of nitrogens with zero attached hydrogens (tertiary/aromatic N) is 3. The van der Waals surface area contributed by atoms with Crippen LogP contribution in [0, 0.1) is 0 Å². The van der Waals surface area contributed by atoms with Crippen LogP contribution in [0.5, 0.6) is 0 Å². The summed E-state index contributed by atoms with van der Waals surface area (Å²) in [5, 5.41) is 6.01. The molecule has 2 aliphatic rings. The van der Waals surface area contributed by atoms with Crippen molar-refractivity contribution in [2.45, 2.75) is 51.6 Å². The Morgan fingerprint density at radius 3 is 2.57 bits per heavy atom. The topological polar surface area (TPSA) is 70.2 Å². The van der Waals surface area contributed by atoms with Gasteiger partial charge in [0.05, 0.1) is 5.56 Å². The maximum atomic E-state index is 12.4. The van der Waals surface area contributed by atoms with Crippen molar-refractivity contribution in [1.29, 1.82) is 0 Å². The number of amides is 1. The average Bonchev–Trinajstić information content (AvgIpc) is 2.88. The van der Waals surface area contributed by atoms with Crippen molar-refractivity contribution in [3.8, 4) is 0 Å². The molecule has 0 atom stereocenters. The molecule has 6 heteroatoms. The van der Waals surface area contributed by atoms with Gasteiger partial charge in [0.15, 0.2) is 0 Å². The van der Waals surface area contributed by atoms with Gasteiger partial charge in [-0.15, -0.1) is 0 Å². The smallest absolute Gasteiger partial charge is 0.254 e. The zero-order chi connectivity index (χ0) is 19.3. The van der Waals surface area contributed by atoms with Crippen molar-refractivity contribution in [3.63, 3.8) is 0 Å². The third kappa shape index (κ3) is 4.33. The number of nitrogens with one attached hydrogen (secondary N) is 2. The van der Waals surface area contributed by atoms with Gasteiger partial charge in [-0.25, -0.2) is 9.97 Å². The Morgan fingerprint density at radius 2 is 1.89 bits per heavy atom. The fraction of sp³-hybridized carbons (Fsp3) is 0.500. The molecule has 1 saturated carbocycles. The van der Waals surface area contributed by atoms with E-state index in [9.17, 15) is 4.79 Å². The van der Waals surface area contributed by atoms with Crippen molar-refractivity contribution < 1.29 is 4.79 Å². The van der Waals surface area contributed by atoms with E-state index in [0.717, 1.165) is 37.5 Å². The lowest BCUT2D eigenvalue weighted by Gasteiger charge is -2.36. The first kappa shape index (κ1) is 18.9. The average molecular weight is 380 g/mol. The lowest BCUT2D eigenvalue weighted by atomic mass is 9.91. The highest BCUT2D eigenvalue weighted by Gasteiger charge is 2.26. The number of aromatic nitrogens is 2. The van der Waals surface area contributed by atoms with Crippen LogP contribution in [0.3, 0.4) is 0 Å². The van der Waals surface area contributed by atoms with Crippen LogP contribution in [0.25, 0.3) is 0 Å². The normalized spacial score (nSPS) is 17.3. The monoisotopic (exact) mass is 379 g/mol. The second-order valence-electron chi connectivity index (χ2n) is 7.73. The Bertz CT molecular complexity index is 816. The van der Waals surface area contributed by atoms with Crippen LogP contribution in [0.4, 0.5) is 5.95 Å². The molecule has 2 heterocycles. The van der Waals surface area contributed by atoms with E-state index < -0.39 is 0 Å². The fourth-order valence-electron chi connectivity index (χ4n) is 4.00. The SMILES string of the molecule is CCNc1ncc(C(=O)NCc2ccc3c(c2)CCN(C2CCC2)CC3)cn1. The third-order valence-corrected chi connectivity index (χ3v) is 5.90. The van der Waals surface area contributed by atoms with Crippen LogP contribution in [-0.4, -0.2) is 46.5 Å². The Morgan fingerprint density at radius 1 is 1.14 bits per heavy atom. The summed E-state index contributed by atoms with van der Waals surface area (Å²) in [6, 6.07) is 7.47. The number of carbonyl (C=O) groups excluding carboxylic acids is 1. The maximum Gasteiger partial charge on any atom is 0.254 e. The third-order valence-electron chi connectivity index (χ3n) is 5.90. The van der Waals surface area contributed by atoms with Gasteiger partial charge in [-0.1, -0.05) is 24.6 Å². The number of hydrogen-bond donors (Lipinski definition) is 2. The standard InChI is InChI=1S/C22H29N5O/c1-2-23-22-25-14-19(15-26-22)21(28)24-13-16-6-7-17-8-10-27(20-4-3-5-20)11-9-18(17)12-16/h6-7,12,14-15,20H,2-5,8-11,13H2,1H3,(H,24,28)(H,23,25,26). The zero-order valence-corrected chi connectivity index (χ0v) is 16.6. The predicted molar refractivity (Wildman–Crippen MR) is 110 cm³/mol. The molecule has 6 nitrogen and oxygen atoms in total. The van der Waals surface area contributed by atoms with E-state index in [1.807, 2.05) is 6.92 Å². The molecule has 4 rings (SSSR count). The van der Waals surface area contributed by atoms with Crippen molar-refractivity contribution in [2.75, 3.05) is 25.0 Å². The quantitative estimate of drug-likeness (QED) is 0.808. The first-order valence-corrected chi connectivity index (χ1v) is 10.4. The van der Waals surface area contributed by atoms with Gasteiger partial charge in [0.25, 0.3) is 5.91 Å². The molecule has 0 radical (unpaired) electrons. The molecule has 0 bridgehead atoms. The van der Waals surface area contributed by atoms with E-state index in [2.05, 4.69) is 43.7 Å². The molecule has 1 aliphatic carbocycles. The van der Waals surface area contributed by atoms with Gasteiger partial charge in [0, 0.05) is 44.6 Å². The molecular formula is C22H29N5O. The van der Waals surface area contributed by atoms with Crippen LogP contribution in [-0.2, 0) is 19.4 Å². The number of fused-ring (bicyclic) bond motifs is 1. The Balaban J connectivity index is 1.34. The molecule has 148 valence electrons. The van der Waals surface area contributed by atoms with E-state index in [1.165, 1.54) is 36.9 Å². The number of benzene rings is 1. The lowest BCUT2D eigenvalue weighted by molar-refractivity contribution is 0.0950. The van der Waals surface area contributed by atoms with Crippen molar-refractivity contribution in [1.82, 2.24) is 20.2 Å². The van der Waals surface area contributed by atoms with Crippen molar-refractivity contribution in [2.24, 2.45) is 0 Å². The molecule has 0 spiro atoms. The summed E-state index contributed by atoms with van der Waals surface area (Å²) in [6.07, 6.45) is 9.49. The van der Waals surface area contributed by atoms with Crippen molar-refractivity contribution in [3.05, 3.63) is 52.8 Å². The largest absolute Gasteiger partial charge is 0.355 e. The molecule has 1 amide bonds. The van der Waals surface area contributed by atoms with Crippen LogP contribution < -0.4 is 10.6 Å². The molecule has 1 aromatic heterocycles. The van der Waals surface area contributed by atoms with Gasteiger partial charge in [0.1, 0.15) is 0 Å². The van der Waals surface area contributed by atoms with Gasteiger partial charge in [-0.2, -0.15) is 0 Å². The highest BCUT2D eigenvalue weighted by atomic mass is 16.1. The summed E-state index contributed by atoms with van der Waals surface area (Å²) < 4.78 is 0. The van der Waals surface area contributed by atoms with E-state index in [-0.39, 0.29) is 5.91 Å². The van der Waals surface area contributed by atoms with E-state index in [0.29, 0.717) is 18.1 Å². The van der Waals surface area contributed by atoms with E-state index in [1.54, 1.807) is 12.4 Å². The van der Waals surface area contributed by atoms with Gasteiger partial charge in [-0.3, -0.25) is 9.69 Å². The summed E-state index contributed by atoms with van der Waals surface area (Å²) in [5.74, 6) is 0.398.